The lowest BCUT2D eigenvalue weighted by Crippen LogP contribution is -2.44. The molecule has 3 heterocycles. The SMILES string of the molecule is CN(C)c1nccnc1OC1CCCN(S(=O)(=O)c2ccc(Cl)s2)C1. The first kappa shape index (κ1) is 18.4. The Morgan fingerprint density at radius 1 is 1.32 bits per heavy atom. The number of aromatic nitrogens is 2. The van der Waals surface area contributed by atoms with Crippen LogP contribution in [0.1, 0.15) is 12.8 Å². The van der Waals surface area contributed by atoms with Gasteiger partial charge in [0.2, 0.25) is 0 Å². The first-order valence-electron chi connectivity index (χ1n) is 7.78. The van der Waals surface area contributed by atoms with E-state index >= 15 is 0 Å². The molecule has 0 radical (unpaired) electrons. The molecule has 1 fully saturated rings. The van der Waals surface area contributed by atoms with Gasteiger partial charge in [0.05, 0.1) is 10.9 Å². The van der Waals surface area contributed by atoms with E-state index in [1.165, 1.54) is 4.31 Å². The molecular weight excluding hydrogens is 384 g/mol. The third kappa shape index (κ3) is 4.05. The molecule has 1 atom stereocenters. The lowest BCUT2D eigenvalue weighted by Gasteiger charge is -2.31. The van der Waals surface area contributed by atoms with Gasteiger partial charge in [-0.1, -0.05) is 11.6 Å². The first-order valence-corrected chi connectivity index (χ1v) is 10.4. The zero-order chi connectivity index (χ0) is 18.0. The van der Waals surface area contributed by atoms with E-state index in [0.29, 0.717) is 22.6 Å². The van der Waals surface area contributed by atoms with Crippen molar-refractivity contribution in [3.05, 3.63) is 28.9 Å². The molecule has 2 aromatic rings. The second-order valence-electron chi connectivity index (χ2n) is 5.88. The summed E-state index contributed by atoms with van der Waals surface area (Å²) >= 11 is 6.95. The van der Waals surface area contributed by atoms with Crippen molar-refractivity contribution < 1.29 is 13.2 Å². The van der Waals surface area contributed by atoms with Crippen LogP contribution in [0.3, 0.4) is 0 Å². The summed E-state index contributed by atoms with van der Waals surface area (Å²) in [6.07, 6.45) is 4.38. The minimum absolute atomic E-state index is 0.256. The Bertz CT molecular complexity index is 841. The summed E-state index contributed by atoms with van der Waals surface area (Å²) in [5.74, 6) is 1.03. The fourth-order valence-corrected chi connectivity index (χ4v) is 5.80. The van der Waals surface area contributed by atoms with Crippen molar-refractivity contribution >= 4 is 38.8 Å². The second-order valence-corrected chi connectivity index (χ2v) is 9.76. The highest BCUT2D eigenvalue weighted by Crippen LogP contribution is 2.31. The van der Waals surface area contributed by atoms with Crippen LogP contribution < -0.4 is 9.64 Å². The van der Waals surface area contributed by atoms with Gasteiger partial charge in [0.25, 0.3) is 15.9 Å². The zero-order valence-electron chi connectivity index (χ0n) is 13.9. The Morgan fingerprint density at radius 2 is 2.08 bits per heavy atom. The molecule has 1 aliphatic rings. The van der Waals surface area contributed by atoms with Crippen LogP contribution in [0, 0.1) is 0 Å². The van der Waals surface area contributed by atoms with Crippen LogP contribution in [-0.4, -0.2) is 56.0 Å². The van der Waals surface area contributed by atoms with Crippen molar-refractivity contribution in [1.29, 1.82) is 0 Å². The van der Waals surface area contributed by atoms with Gasteiger partial charge in [-0.2, -0.15) is 4.31 Å². The van der Waals surface area contributed by atoms with Crippen LogP contribution in [-0.2, 0) is 10.0 Å². The third-order valence-corrected chi connectivity index (χ3v) is 7.40. The average Bonchev–Trinajstić information content (AvgIpc) is 3.03. The summed E-state index contributed by atoms with van der Waals surface area (Å²) in [4.78, 5) is 10.3. The molecule has 0 saturated carbocycles. The van der Waals surface area contributed by atoms with E-state index in [0.717, 1.165) is 24.2 Å². The van der Waals surface area contributed by atoms with E-state index in [-0.39, 0.29) is 16.9 Å². The summed E-state index contributed by atoms with van der Waals surface area (Å²) in [5, 5.41) is 0. The van der Waals surface area contributed by atoms with Crippen LogP contribution in [0.15, 0.2) is 28.7 Å². The third-order valence-electron chi connectivity index (χ3n) is 3.83. The normalized spacial score (nSPS) is 18.9. The van der Waals surface area contributed by atoms with Crippen LogP contribution >= 0.6 is 22.9 Å². The Morgan fingerprint density at radius 3 is 2.76 bits per heavy atom. The van der Waals surface area contributed by atoms with E-state index < -0.39 is 10.0 Å². The molecule has 7 nitrogen and oxygen atoms in total. The maximum Gasteiger partial charge on any atom is 0.257 e. The number of thiophene rings is 1. The fourth-order valence-electron chi connectivity index (χ4n) is 2.65. The van der Waals surface area contributed by atoms with Crippen LogP contribution in [0.4, 0.5) is 5.82 Å². The number of anilines is 1. The quantitative estimate of drug-likeness (QED) is 0.764. The van der Waals surface area contributed by atoms with Crippen molar-refractivity contribution in [3.63, 3.8) is 0 Å². The Balaban J connectivity index is 1.76. The van der Waals surface area contributed by atoms with Crippen molar-refractivity contribution in [2.45, 2.75) is 23.2 Å². The lowest BCUT2D eigenvalue weighted by molar-refractivity contribution is 0.125. The van der Waals surface area contributed by atoms with E-state index in [9.17, 15) is 8.42 Å². The van der Waals surface area contributed by atoms with E-state index in [1.54, 1.807) is 24.5 Å². The standard InChI is InChI=1S/C15H19ClN4O3S2/c1-19(2)14-15(18-8-7-17-14)23-11-4-3-9-20(10-11)25(21,22)13-6-5-12(16)24-13/h5-8,11H,3-4,9-10H2,1-2H3. The second kappa shape index (κ2) is 7.45. The van der Waals surface area contributed by atoms with Gasteiger partial charge >= 0.3 is 0 Å². The summed E-state index contributed by atoms with van der Waals surface area (Å²) in [6.45, 7) is 0.750. The van der Waals surface area contributed by atoms with Gasteiger partial charge in [0, 0.05) is 33.0 Å². The molecule has 136 valence electrons. The molecule has 0 aliphatic carbocycles. The number of hydrogen-bond donors (Lipinski definition) is 0. The molecule has 1 unspecified atom stereocenters. The van der Waals surface area contributed by atoms with Gasteiger partial charge in [-0.05, 0) is 25.0 Å². The van der Waals surface area contributed by atoms with Gasteiger partial charge in [0.15, 0.2) is 5.82 Å². The summed E-state index contributed by atoms with van der Waals surface area (Å²) < 4.78 is 33.7. The lowest BCUT2D eigenvalue weighted by atomic mass is 10.1. The molecule has 0 amide bonds. The fraction of sp³-hybridized carbons (Fsp3) is 0.467. The molecule has 1 saturated heterocycles. The summed E-state index contributed by atoms with van der Waals surface area (Å²) in [7, 11) is 0.160. The van der Waals surface area contributed by atoms with Crippen LogP contribution in [0.25, 0.3) is 0 Å². The Labute approximate surface area is 156 Å². The van der Waals surface area contributed by atoms with Crippen molar-refractivity contribution in [3.8, 4) is 5.88 Å². The van der Waals surface area contributed by atoms with Crippen molar-refractivity contribution in [2.75, 3.05) is 32.1 Å². The summed E-state index contributed by atoms with van der Waals surface area (Å²) in [5.41, 5.74) is 0. The number of halogens is 1. The van der Waals surface area contributed by atoms with Crippen molar-refractivity contribution in [2.24, 2.45) is 0 Å². The van der Waals surface area contributed by atoms with Crippen LogP contribution in [0.2, 0.25) is 4.34 Å². The molecule has 0 bridgehead atoms. The van der Waals surface area contributed by atoms with Gasteiger partial charge in [-0.15, -0.1) is 11.3 Å². The highest BCUT2D eigenvalue weighted by Gasteiger charge is 2.32. The minimum Gasteiger partial charge on any atom is -0.470 e. The predicted molar refractivity (Wildman–Crippen MR) is 98.1 cm³/mol. The molecule has 2 aromatic heterocycles. The number of sulfonamides is 1. The maximum absolute atomic E-state index is 12.8. The smallest absolute Gasteiger partial charge is 0.257 e. The highest BCUT2D eigenvalue weighted by molar-refractivity contribution is 7.91. The van der Waals surface area contributed by atoms with Gasteiger partial charge in [-0.25, -0.2) is 18.4 Å². The number of hydrogen-bond acceptors (Lipinski definition) is 7. The topological polar surface area (TPSA) is 75.6 Å². The molecule has 1 aliphatic heterocycles. The molecule has 25 heavy (non-hydrogen) atoms. The maximum atomic E-state index is 12.8. The zero-order valence-corrected chi connectivity index (χ0v) is 16.3. The highest BCUT2D eigenvalue weighted by atomic mass is 35.5. The van der Waals surface area contributed by atoms with E-state index in [2.05, 4.69) is 9.97 Å². The van der Waals surface area contributed by atoms with Crippen molar-refractivity contribution in [1.82, 2.24) is 14.3 Å². The Hall–Kier alpha value is -1.42. The van der Waals surface area contributed by atoms with Gasteiger partial charge in [-0.3, -0.25) is 0 Å². The Kier molecular flexibility index (Phi) is 5.47. The number of ether oxygens (including phenoxy) is 1. The molecule has 3 rings (SSSR count). The predicted octanol–water partition coefficient (Wildman–Crippen LogP) is 2.49. The largest absolute Gasteiger partial charge is 0.470 e. The number of rotatable bonds is 5. The molecular formula is C15H19ClN4O3S2. The number of nitrogens with zero attached hydrogens (tertiary/aromatic N) is 4. The monoisotopic (exact) mass is 402 g/mol. The van der Waals surface area contributed by atoms with Gasteiger partial charge < -0.3 is 9.64 Å². The van der Waals surface area contributed by atoms with Crippen LogP contribution in [0.5, 0.6) is 5.88 Å². The molecule has 10 heteroatoms. The molecule has 0 spiro atoms. The summed E-state index contributed by atoms with van der Waals surface area (Å²) in [6, 6.07) is 3.14. The molecule has 0 N–H and O–H groups in total. The molecule has 0 aromatic carbocycles. The minimum atomic E-state index is -3.55. The average molecular weight is 403 g/mol. The van der Waals surface area contributed by atoms with Gasteiger partial charge in [0.1, 0.15) is 10.3 Å². The van der Waals surface area contributed by atoms with E-state index in [1.807, 2.05) is 19.0 Å². The first-order chi connectivity index (χ1) is 11.9. The number of piperidine rings is 1. The van der Waals surface area contributed by atoms with E-state index in [4.69, 9.17) is 16.3 Å².